The van der Waals surface area contributed by atoms with Gasteiger partial charge in [0.05, 0.1) is 11.0 Å². The molecule has 1 unspecified atom stereocenters. The molecule has 3 rings (SSSR count). The second-order valence-corrected chi connectivity index (χ2v) is 6.74. The summed E-state index contributed by atoms with van der Waals surface area (Å²) in [4.78, 5) is 21.1. The van der Waals surface area contributed by atoms with Crippen LogP contribution >= 0.6 is 0 Å². The molecule has 1 saturated heterocycles. The fourth-order valence-electron chi connectivity index (χ4n) is 3.43. The van der Waals surface area contributed by atoms with Gasteiger partial charge < -0.3 is 19.7 Å². The molecular weight excluding hydrogens is 302 g/mol. The maximum Gasteiger partial charge on any atom is 0.317 e. The van der Waals surface area contributed by atoms with Crippen molar-refractivity contribution in [3.05, 3.63) is 30.1 Å². The number of benzene rings is 1. The lowest BCUT2D eigenvalue weighted by molar-refractivity contribution is 0.140. The number of carbonyl (C=O) groups excluding carboxylic acids is 1. The third kappa shape index (κ3) is 3.53. The summed E-state index contributed by atoms with van der Waals surface area (Å²) >= 11 is 0. The van der Waals surface area contributed by atoms with Crippen LogP contribution in [0.1, 0.15) is 18.7 Å². The largest absolute Gasteiger partial charge is 0.336 e. The number of para-hydroxylation sites is 2. The van der Waals surface area contributed by atoms with E-state index < -0.39 is 0 Å². The fourth-order valence-corrected chi connectivity index (χ4v) is 3.43. The van der Waals surface area contributed by atoms with Gasteiger partial charge in [0.15, 0.2) is 0 Å². The molecule has 1 aromatic heterocycles. The van der Waals surface area contributed by atoms with E-state index in [4.69, 9.17) is 0 Å². The molecule has 1 aliphatic heterocycles. The van der Waals surface area contributed by atoms with Crippen molar-refractivity contribution in [1.29, 1.82) is 0 Å². The zero-order valence-electron chi connectivity index (χ0n) is 14.8. The summed E-state index contributed by atoms with van der Waals surface area (Å²) < 4.78 is 2.16. The van der Waals surface area contributed by atoms with E-state index in [0.717, 1.165) is 49.3 Å². The van der Waals surface area contributed by atoms with Crippen LogP contribution in [0.5, 0.6) is 0 Å². The maximum atomic E-state index is 12.4. The Balaban J connectivity index is 1.56. The van der Waals surface area contributed by atoms with E-state index in [9.17, 15) is 4.79 Å². The maximum absolute atomic E-state index is 12.4. The number of likely N-dealkylation sites (N-methyl/N-ethyl adjacent to an activating group) is 1. The molecule has 130 valence electrons. The quantitative estimate of drug-likeness (QED) is 0.934. The molecule has 0 radical (unpaired) electrons. The molecule has 2 aromatic rings. The van der Waals surface area contributed by atoms with Gasteiger partial charge in [-0.15, -0.1) is 0 Å². The van der Waals surface area contributed by atoms with Gasteiger partial charge in [-0.05, 0) is 46.0 Å². The van der Waals surface area contributed by atoms with Crippen molar-refractivity contribution in [2.24, 2.45) is 0 Å². The molecule has 1 atom stereocenters. The highest BCUT2D eigenvalue weighted by atomic mass is 16.2. The molecule has 1 aromatic carbocycles. The van der Waals surface area contributed by atoms with E-state index in [1.807, 2.05) is 30.0 Å². The highest BCUT2D eigenvalue weighted by Gasteiger charge is 2.24. The zero-order valence-corrected chi connectivity index (χ0v) is 14.8. The smallest absolute Gasteiger partial charge is 0.317 e. The summed E-state index contributed by atoms with van der Waals surface area (Å²) in [7, 11) is 4.16. The molecule has 6 nitrogen and oxygen atoms in total. The van der Waals surface area contributed by atoms with Crippen molar-refractivity contribution in [2.75, 3.05) is 33.7 Å². The molecule has 1 N–H and O–H groups in total. The van der Waals surface area contributed by atoms with E-state index in [1.165, 1.54) is 0 Å². The molecule has 1 aliphatic rings. The van der Waals surface area contributed by atoms with Crippen molar-refractivity contribution in [2.45, 2.75) is 32.4 Å². The number of carbonyl (C=O) groups is 1. The minimum atomic E-state index is 0.0450. The van der Waals surface area contributed by atoms with E-state index in [1.54, 1.807) is 0 Å². The minimum Gasteiger partial charge on any atom is -0.336 e. The van der Waals surface area contributed by atoms with Crippen LogP contribution in [0.15, 0.2) is 24.3 Å². The third-order valence-corrected chi connectivity index (χ3v) is 4.87. The van der Waals surface area contributed by atoms with Gasteiger partial charge in [0.25, 0.3) is 0 Å². The van der Waals surface area contributed by atoms with E-state index in [-0.39, 0.29) is 6.03 Å². The van der Waals surface area contributed by atoms with E-state index in [0.29, 0.717) is 12.6 Å². The monoisotopic (exact) mass is 329 g/mol. The number of fused-ring (bicyclic) bond motifs is 1. The van der Waals surface area contributed by atoms with Gasteiger partial charge in [-0.2, -0.15) is 0 Å². The van der Waals surface area contributed by atoms with Gasteiger partial charge in [-0.3, -0.25) is 0 Å². The first-order chi connectivity index (χ1) is 11.6. The summed E-state index contributed by atoms with van der Waals surface area (Å²) in [6.07, 6.45) is 2.23. The van der Waals surface area contributed by atoms with Gasteiger partial charge in [0, 0.05) is 32.2 Å². The second-order valence-electron chi connectivity index (χ2n) is 6.74. The van der Waals surface area contributed by atoms with Gasteiger partial charge in [0.2, 0.25) is 0 Å². The third-order valence-electron chi connectivity index (χ3n) is 4.87. The van der Waals surface area contributed by atoms with E-state index >= 15 is 0 Å². The van der Waals surface area contributed by atoms with Crippen molar-refractivity contribution >= 4 is 17.1 Å². The number of aromatic nitrogens is 2. The molecule has 1 fully saturated rings. The number of aryl methyl sites for hydroxylation is 1. The van der Waals surface area contributed by atoms with Crippen molar-refractivity contribution in [3.63, 3.8) is 0 Å². The number of nitrogens with one attached hydrogen (secondary N) is 1. The first-order valence-electron chi connectivity index (χ1n) is 8.67. The highest BCUT2D eigenvalue weighted by Crippen LogP contribution is 2.15. The van der Waals surface area contributed by atoms with Gasteiger partial charge in [-0.25, -0.2) is 9.78 Å². The summed E-state index contributed by atoms with van der Waals surface area (Å²) in [6.45, 7) is 5.02. The number of urea groups is 1. The standard InChI is InChI=1S/C18H27N5O/c1-14-20-16-8-4-5-9-17(16)23(14)12-10-19-18(24)22-11-6-7-15(13-22)21(2)3/h4-5,8-9,15H,6-7,10-13H2,1-3H3,(H,19,24). The second kappa shape index (κ2) is 7.21. The molecule has 2 heterocycles. The minimum absolute atomic E-state index is 0.0450. The zero-order chi connectivity index (χ0) is 17.1. The first-order valence-corrected chi connectivity index (χ1v) is 8.67. The number of amides is 2. The average molecular weight is 329 g/mol. The van der Waals surface area contributed by atoms with Gasteiger partial charge in [-0.1, -0.05) is 12.1 Å². The van der Waals surface area contributed by atoms with Crippen molar-refractivity contribution in [1.82, 2.24) is 24.7 Å². The van der Waals surface area contributed by atoms with Crippen LogP contribution in [0.2, 0.25) is 0 Å². The van der Waals surface area contributed by atoms with Gasteiger partial charge >= 0.3 is 6.03 Å². The van der Waals surface area contributed by atoms with Crippen LogP contribution in [0, 0.1) is 6.92 Å². The molecule has 0 bridgehead atoms. The van der Waals surface area contributed by atoms with Crippen LogP contribution in [-0.2, 0) is 6.54 Å². The molecule has 24 heavy (non-hydrogen) atoms. The summed E-state index contributed by atoms with van der Waals surface area (Å²) in [5.41, 5.74) is 2.13. The highest BCUT2D eigenvalue weighted by molar-refractivity contribution is 5.76. The molecule has 0 saturated carbocycles. The average Bonchev–Trinajstić information content (AvgIpc) is 2.90. The molecule has 2 amide bonds. The molecular formula is C18H27N5O. The number of imidazole rings is 1. The SMILES string of the molecule is Cc1nc2ccccc2n1CCNC(=O)N1CCCC(N(C)C)C1. The normalized spacial score (nSPS) is 18.3. The Morgan fingerprint density at radius 3 is 2.96 bits per heavy atom. The first kappa shape index (κ1) is 16.8. The van der Waals surface area contributed by atoms with Crippen LogP contribution in [0.3, 0.4) is 0 Å². The number of hydrogen-bond acceptors (Lipinski definition) is 3. The number of piperidine rings is 1. The fraction of sp³-hybridized carbons (Fsp3) is 0.556. The summed E-state index contributed by atoms with van der Waals surface area (Å²) in [6, 6.07) is 8.62. The molecule has 6 heteroatoms. The van der Waals surface area contributed by atoms with Crippen molar-refractivity contribution < 1.29 is 4.79 Å². The van der Waals surface area contributed by atoms with Crippen LogP contribution in [0.4, 0.5) is 4.79 Å². The topological polar surface area (TPSA) is 53.4 Å². The lowest BCUT2D eigenvalue weighted by atomic mass is 10.1. The van der Waals surface area contributed by atoms with Crippen LogP contribution < -0.4 is 5.32 Å². The lowest BCUT2D eigenvalue weighted by Crippen LogP contribution is -2.51. The Kier molecular flexibility index (Phi) is 5.04. The number of hydrogen-bond donors (Lipinski definition) is 1. The van der Waals surface area contributed by atoms with Crippen molar-refractivity contribution in [3.8, 4) is 0 Å². The molecule has 0 spiro atoms. The Hall–Kier alpha value is -2.08. The Morgan fingerprint density at radius 1 is 1.38 bits per heavy atom. The summed E-state index contributed by atoms with van der Waals surface area (Å²) in [5.74, 6) is 0.982. The van der Waals surface area contributed by atoms with Gasteiger partial charge in [0.1, 0.15) is 5.82 Å². The molecule has 0 aliphatic carbocycles. The lowest BCUT2D eigenvalue weighted by Gasteiger charge is -2.36. The predicted octanol–water partition coefficient (Wildman–Crippen LogP) is 2.08. The number of likely N-dealkylation sites (tertiary alicyclic amines) is 1. The van der Waals surface area contributed by atoms with Crippen LogP contribution in [-0.4, -0.2) is 65.2 Å². The number of rotatable bonds is 4. The Labute approximate surface area is 143 Å². The Morgan fingerprint density at radius 2 is 2.17 bits per heavy atom. The summed E-state index contributed by atoms with van der Waals surface area (Å²) in [5, 5.41) is 3.06. The van der Waals surface area contributed by atoms with Crippen LogP contribution in [0.25, 0.3) is 11.0 Å². The Bertz CT molecular complexity index is 708. The number of nitrogens with zero attached hydrogens (tertiary/aromatic N) is 4. The predicted molar refractivity (Wildman–Crippen MR) is 96.2 cm³/mol. The van der Waals surface area contributed by atoms with E-state index in [2.05, 4.69) is 39.9 Å².